The van der Waals surface area contributed by atoms with Crippen molar-refractivity contribution in [2.24, 2.45) is 7.05 Å². The van der Waals surface area contributed by atoms with Crippen molar-refractivity contribution in [1.29, 1.82) is 0 Å². The van der Waals surface area contributed by atoms with E-state index in [1.165, 1.54) is 9.13 Å². The molecule has 0 bridgehead atoms. The second-order valence-electron chi connectivity index (χ2n) is 4.41. The lowest BCUT2D eigenvalue weighted by Crippen LogP contribution is -2.24. The first-order valence-electron chi connectivity index (χ1n) is 6.04. The van der Waals surface area contributed by atoms with Gasteiger partial charge in [-0.3, -0.25) is 9.36 Å². The Hall–Kier alpha value is -2.21. The van der Waals surface area contributed by atoms with Crippen molar-refractivity contribution in [1.82, 2.24) is 9.13 Å². The first-order valence-corrected chi connectivity index (χ1v) is 6.42. The zero-order valence-electron chi connectivity index (χ0n) is 11.0. The molecule has 3 N–H and O–H groups in total. The normalized spacial score (nSPS) is 10.5. The van der Waals surface area contributed by atoms with E-state index >= 15 is 0 Å². The number of hydrogen-bond donors (Lipinski definition) is 2. The summed E-state index contributed by atoms with van der Waals surface area (Å²) >= 11 is 5.78. The van der Waals surface area contributed by atoms with Crippen LogP contribution in [0.3, 0.4) is 0 Å². The number of nitrogens with zero attached hydrogens (tertiary/aromatic N) is 2. The zero-order valence-corrected chi connectivity index (χ0v) is 11.7. The molecule has 1 aromatic heterocycles. The maximum absolute atomic E-state index is 11.8. The molecule has 20 heavy (non-hydrogen) atoms. The Labute approximate surface area is 120 Å². The summed E-state index contributed by atoms with van der Waals surface area (Å²) in [6, 6.07) is 4.86. The number of rotatable bonds is 4. The lowest BCUT2D eigenvalue weighted by atomic mass is 10.2. The van der Waals surface area contributed by atoms with Gasteiger partial charge in [0.25, 0.3) is 0 Å². The van der Waals surface area contributed by atoms with Crippen LogP contribution in [0.25, 0.3) is 0 Å². The van der Waals surface area contributed by atoms with E-state index in [4.69, 9.17) is 17.3 Å². The van der Waals surface area contributed by atoms with Crippen molar-refractivity contribution in [2.75, 3.05) is 11.1 Å². The molecule has 0 radical (unpaired) electrons. The van der Waals surface area contributed by atoms with Crippen molar-refractivity contribution in [2.45, 2.75) is 13.0 Å². The van der Waals surface area contributed by atoms with Crippen molar-refractivity contribution in [3.05, 3.63) is 46.1 Å². The molecule has 0 aliphatic rings. The molecule has 2 rings (SSSR count). The topological polar surface area (TPSA) is 82.1 Å². The SMILES string of the molecule is Cn1ccn(CCC(=O)Nc2ccc(Cl)cc2N)c1=O. The van der Waals surface area contributed by atoms with Crippen molar-refractivity contribution < 1.29 is 4.79 Å². The second kappa shape index (κ2) is 5.83. The summed E-state index contributed by atoms with van der Waals surface area (Å²) in [6.07, 6.45) is 3.48. The Morgan fingerprint density at radius 2 is 2.15 bits per heavy atom. The molecule has 0 saturated heterocycles. The van der Waals surface area contributed by atoms with Crippen LogP contribution in [0.5, 0.6) is 0 Å². The van der Waals surface area contributed by atoms with Gasteiger partial charge in [0.1, 0.15) is 0 Å². The van der Waals surface area contributed by atoms with E-state index in [0.29, 0.717) is 22.9 Å². The number of hydrogen-bond acceptors (Lipinski definition) is 3. The molecular formula is C13H15ClN4O2. The molecule has 106 valence electrons. The molecule has 7 heteroatoms. The number of nitrogens with one attached hydrogen (secondary N) is 1. The summed E-state index contributed by atoms with van der Waals surface area (Å²) in [5.74, 6) is -0.213. The molecule has 1 amide bonds. The molecule has 6 nitrogen and oxygen atoms in total. The predicted octanol–water partition coefficient (Wildman–Crippen LogP) is 1.45. The molecule has 0 aliphatic carbocycles. The molecule has 0 saturated carbocycles. The van der Waals surface area contributed by atoms with Crippen molar-refractivity contribution >= 4 is 28.9 Å². The summed E-state index contributed by atoms with van der Waals surface area (Å²) < 4.78 is 2.93. The quantitative estimate of drug-likeness (QED) is 0.837. The molecule has 0 fully saturated rings. The van der Waals surface area contributed by atoms with E-state index in [1.54, 1.807) is 37.6 Å². The number of nitrogen functional groups attached to an aromatic ring is 1. The van der Waals surface area contributed by atoms with E-state index in [1.807, 2.05) is 0 Å². The molecule has 1 heterocycles. The first-order chi connectivity index (χ1) is 9.47. The van der Waals surface area contributed by atoms with Crippen LogP contribution in [0.15, 0.2) is 35.4 Å². The van der Waals surface area contributed by atoms with Gasteiger partial charge in [0.15, 0.2) is 0 Å². The average Bonchev–Trinajstić information content (AvgIpc) is 2.71. The van der Waals surface area contributed by atoms with Gasteiger partial charge >= 0.3 is 5.69 Å². The van der Waals surface area contributed by atoms with Crippen molar-refractivity contribution in [3.63, 3.8) is 0 Å². The molecule has 0 atom stereocenters. The second-order valence-corrected chi connectivity index (χ2v) is 4.85. The fourth-order valence-corrected chi connectivity index (χ4v) is 1.94. The van der Waals surface area contributed by atoms with Gasteiger partial charge in [0, 0.05) is 37.4 Å². The standard InChI is InChI=1S/C13H15ClN4O2/c1-17-6-7-18(13(17)20)5-4-12(19)16-11-3-2-9(14)8-10(11)15/h2-3,6-8H,4-5,15H2,1H3,(H,16,19). The average molecular weight is 295 g/mol. The number of imidazole rings is 1. The highest BCUT2D eigenvalue weighted by molar-refractivity contribution is 6.31. The maximum Gasteiger partial charge on any atom is 0.327 e. The van der Waals surface area contributed by atoms with Gasteiger partial charge in [0.2, 0.25) is 5.91 Å². The maximum atomic E-state index is 11.8. The Balaban J connectivity index is 1.96. The number of halogens is 1. The lowest BCUT2D eigenvalue weighted by Gasteiger charge is -2.08. The summed E-state index contributed by atoms with van der Waals surface area (Å²) in [5.41, 5.74) is 6.52. The summed E-state index contributed by atoms with van der Waals surface area (Å²) in [6.45, 7) is 0.318. The minimum atomic E-state index is -0.213. The Morgan fingerprint density at radius 1 is 1.40 bits per heavy atom. The highest BCUT2D eigenvalue weighted by atomic mass is 35.5. The number of carbonyl (C=O) groups excluding carboxylic acids is 1. The fraction of sp³-hybridized carbons (Fsp3) is 0.231. The highest BCUT2D eigenvalue weighted by Crippen LogP contribution is 2.22. The van der Waals surface area contributed by atoms with Gasteiger partial charge < -0.3 is 15.6 Å². The van der Waals surface area contributed by atoms with E-state index in [0.717, 1.165) is 0 Å². The third-order valence-corrected chi connectivity index (χ3v) is 3.12. The van der Waals surface area contributed by atoms with Gasteiger partial charge in [-0.2, -0.15) is 0 Å². The van der Waals surface area contributed by atoms with Gasteiger partial charge in [-0.25, -0.2) is 4.79 Å². The molecule has 0 aliphatic heterocycles. The smallest absolute Gasteiger partial charge is 0.327 e. The molecule has 0 unspecified atom stereocenters. The Bertz CT molecular complexity index is 690. The number of benzene rings is 1. The van der Waals surface area contributed by atoms with Crippen LogP contribution in [0.4, 0.5) is 11.4 Å². The number of carbonyl (C=O) groups is 1. The van der Waals surface area contributed by atoms with E-state index in [-0.39, 0.29) is 18.0 Å². The fourth-order valence-electron chi connectivity index (χ4n) is 1.76. The molecule has 2 aromatic rings. The number of aromatic nitrogens is 2. The van der Waals surface area contributed by atoms with Crippen LogP contribution in [0.1, 0.15) is 6.42 Å². The van der Waals surface area contributed by atoms with Crippen LogP contribution >= 0.6 is 11.6 Å². The number of amides is 1. The molecule has 0 spiro atoms. The minimum absolute atomic E-state index is 0.149. The van der Waals surface area contributed by atoms with Gasteiger partial charge in [-0.05, 0) is 18.2 Å². The van der Waals surface area contributed by atoms with Gasteiger partial charge in [0.05, 0.1) is 11.4 Å². The largest absolute Gasteiger partial charge is 0.397 e. The summed E-state index contributed by atoms with van der Waals surface area (Å²) in [7, 11) is 1.66. The third kappa shape index (κ3) is 3.21. The Kier molecular flexibility index (Phi) is 4.14. The first kappa shape index (κ1) is 14.2. The Morgan fingerprint density at radius 3 is 2.75 bits per heavy atom. The highest BCUT2D eigenvalue weighted by Gasteiger charge is 2.07. The van der Waals surface area contributed by atoms with Crippen LogP contribution in [-0.2, 0) is 18.4 Å². The van der Waals surface area contributed by atoms with Gasteiger partial charge in [-0.1, -0.05) is 11.6 Å². The molecular weight excluding hydrogens is 280 g/mol. The molecule has 1 aromatic carbocycles. The van der Waals surface area contributed by atoms with E-state index < -0.39 is 0 Å². The predicted molar refractivity (Wildman–Crippen MR) is 78.8 cm³/mol. The zero-order chi connectivity index (χ0) is 14.7. The third-order valence-electron chi connectivity index (χ3n) is 2.89. The number of aryl methyl sites for hydroxylation is 2. The van der Waals surface area contributed by atoms with Crippen LogP contribution in [0, 0.1) is 0 Å². The van der Waals surface area contributed by atoms with Crippen molar-refractivity contribution in [3.8, 4) is 0 Å². The summed E-state index contributed by atoms with van der Waals surface area (Å²) in [4.78, 5) is 23.4. The van der Waals surface area contributed by atoms with Crippen LogP contribution in [0.2, 0.25) is 5.02 Å². The van der Waals surface area contributed by atoms with E-state index in [9.17, 15) is 9.59 Å². The number of nitrogens with two attached hydrogens (primary N) is 1. The van der Waals surface area contributed by atoms with Crippen LogP contribution < -0.4 is 16.7 Å². The van der Waals surface area contributed by atoms with Gasteiger partial charge in [-0.15, -0.1) is 0 Å². The lowest BCUT2D eigenvalue weighted by molar-refractivity contribution is -0.116. The van der Waals surface area contributed by atoms with E-state index in [2.05, 4.69) is 5.32 Å². The summed E-state index contributed by atoms with van der Waals surface area (Å²) in [5, 5.41) is 3.20. The van der Waals surface area contributed by atoms with Crippen LogP contribution in [-0.4, -0.2) is 15.0 Å². The monoisotopic (exact) mass is 294 g/mol. The number of anilines is 2. The minimum Gasteiger partial charge on any atom is -0.397 e.